The maximum atomic E-state index is 12.3. The van der Waals surface area contributed by atoms with E-state index in [0.717, 1.165) is 0 Å². The van der Waals surface area contributed by atoms with Crippen molar-refractivity contribution in [3.8, 4) is 0 Å². The van der Waals surface area contributed by atoms with E-state index < -0.39 is 28.0 Å². The third-order valence-corrected chi connectivity index (χ3v) is 4.94. The van der Waals surface area contributed by atoms with E-state index in [1.165, 1.54) is 30.6 Å². The van der Waals surface area contributed by atoms with Gasteiger partial charge in [0.05, 0.1) is 10.8 Å². The van der Waals surface area contributed by atoms with E-state index in [1.807, 2.05) is 0 Å². The molecule has 0 aliphatic rings. The summed E-state index contributed by atoms with van der Waals surface area (Å²) in [5.41, 5.74) is 0.684. The van der Waals surface area contributed by atoms with Crippen molar-refractivity contribution in [3.05, 3.63) is 66.2 Å². The molecule has 2 aromatic rings. The normalized spacial score (nSPS) is 13.8. The summed E-state index contributed by atoms with van der Waals surface area (Å²) >= 11 is 0. The highest BCUT2D eigenvalue weighted by Gasteiger charge is 2.32. The lowest BCUT2D eigenvalue weighted by atomic mass is 9.93. The summed E-state index contributed by atoms with van der Waals surface area (Å²) in [6, 6.07) is 14.6. The molecule has 0 aliphatic carbocycles. The standard InChI is InChI=1S/C17H16NO5S/c19-12-16(18-24(22,23)14-9-5-2-6-10-14)15(17(20)21)11-13-7-3-1-4-8-13/h1-10,15-16,18H,11H2,(H,20,21)/t15?,16-/m1/s1. The summed E-state index contributed by atoms with van der Waals surface area (Å²) in [6.45, 7) is 0. The van der Waals surface area contributed by atoms with Crippen LogP contribution in [0.1, 0.15) is 5.56 Å². The molecule has 0 aromatic heterocycles. The van der Waals surface area contributed by atoms with Gasteiger partial charge >= 0.3 is 5.97 Å². The molecule has 2 N–H and O–H groups in total. The number of rotatable bonds is 8. The summed E-state index contributed by atoms with van der Waals surface area (Å²) in [5, 5.41) is 9.39. The van der Waals surface area contributed by atoms with Crippen LogP contribution < -0.4 is 4.72 Å². The number of hydrogen-bond acceptors (Lipinski definition) is 4. The van der Waals surface area contributed by atoms with Crippen LogP contribution >= 0.6 is 0 Å². The van der Waals surface area contributed by atoms with Crippen LogP contribution in [-0.4, -0.2) is 31.8 Å². The van der Waals surface area contributed by atoms with Crippen molar-refractivity contribution in [1.82, 2.24) is 4.72 Å². The van der Waals surface area contributed by atoms with Crippen LogP contribution in [0.4, 0.5) is 0 Å². The third-order valence-electron chi connectivity index (χ3n) is 3.48. The lowest BCUT2D eigenvalue weighted by molar-refractivity contribution is -0.141. The molecule has 2 aromatic carbocycles. The Balaban J connectivity index is 2.24. The molecule has 1 unspecified atom stereocenters. The highest BCUT2D eigenvalue weighted by atomic mass is 32.2. The predicted octanol–water partition coefficient (Wildman–Crippen LogP) is 1.39. The van der Waals surface area contributed by atoms with E-state index in [-0.39, 0.29) is 11.3 Å². The van der Waals surface area contributed by atoms with Gasteiger partial charge in [0.15, 0.2) is 0 Å². The largest absolute Gasteiger partial charge is 0.481 e. The Morgan fingerprint density at radius 2 is 1.58 bits per heavy atom. The maximum Gasteiger partial charge on any atom is 0.308 e. The van der Waals surface area contributed by atoms with Gasteiger partial charge in [-0.3, -0.25) is 9.59 Å². The lowest BCUT2D eigenvalue weighted by Crippen LogP contribution is -2.45. The van der Waals surface area contributed by atoms with Crippen molar-refractivity contribution in [2.24, 2.45) is 5.92 Å². The van der Waals surface area contributed by atoms with Gasteiger partial charge in [0, 0.05) is 0 Å². The van der Waals surface area contributed by atoms with Gasteiger partial charge < -0.3 is 5.11 Å². The number of nitrogens with one attached hydrogen (secondary N) is 1. The molecule has 0 bridgehead atoms. The van der Waals surface area contributed by atoms with Crippen molar-refractivity contribution in [2.75, 3.05) is 0 Å². The number of carbonyl (C=O) groups is 1. The first kappa shape index (κ1) is 17.8. The number of sulfonamides is 1. The van der Waals surface area contributed by atoms with Crippen molar-refractivity contribution >= 4 is 22.3 Å². The molecule has 1 radical (unpaired) electrons. The van der Waals surface area contributed by atoms with Crippen molar-refractivity contribution < 1.29 is 23.1 Å². The number of carboxylic acids is 1. The summed E-state index contributed by atoms with van der Waals surface area (Å²) in [6.07, 6.45) is 1.52. The smallest absolute Gasteiger partial charge is 0.308 e. The minimum absolute atomic E-state index is 0.00733. The lowest BCUT2D eigenvalue weighted by Gasteiger charge is -2.20. The summed E-state index contributed by atoms with van der Waals surface area (Å²) in [5.74, 6) is -2.54. The fraction of sp³-hybridized carbons (Fsp3) is 0.176. The zero-order chi connectivity index (χ0) is 17.6. The molecule has 0 heterocycles. The second-order valence-corrected chi connectivity index (χ2v) is 6.88. The Hall–Kier alpha value is -2.51. The zero-order valence-corrected chi connectivity index (χ0v) is 13.4. The molecule has 6 nitrogen and oxygen atoms in total. The van der Waals surface area contributed by atoms with Gasteiger partial charge in [-0.05, 0) is 24.1 Å². The van der Waals surface area contributed by atoms with Crippen molar-refractivity contribution in [2.45, 2.75) is 17.4 Å². The molecule has 0 aliphatic heterocycles. The van der Waals surface area contributed by atoms with E-state index in [1.54, 1.807) is 36.4 Å². The molecular formula is C17H16NO5S. The summed E-state index contributed by atoms with van der Waals surface area (Å²) < 4.78 is 26.7. The second kappa shape index (κ2) is 7.85. The van der Waals surface area contributed by atoms with Crippen molar-refractivity contribution in [1.29, 1.82) is 0 Å². The summed E-state index contributed by atoms with van der Waals surface area (Å²) in [4.78, 5) is 22.7. The maximum absolute atomic E-state index is 12.3. The highest BCUT2D eigenvalue weighted by Crippen LogP contribution is 2.15. The van der Waals surface area contributed by atoms with Crippen molar-refractivity contribution in [3.63, 3.8) is 0 Å². The number of aliphatic carboxylic acids is 1. The van der Waals surface area contributed by atoms with E-state index in [2.05, 4.69) is 4.72 Å². The van der Waals surface area contributed by atoms with Gasteiger partial charge in [0.2, 0.25) is 16.3 Å². The number of benzene rings is 2. The molecular weight excluding hydrogens is 330 g/mol. The SMILES string of the molecule is O=[C][C@@H](NS(=O)(=O)c1ccccc1)C(Cc1ccccc1)C(=O)O. The number of hydrogen-bond donors (Lipinski definition) is 2. The van der Waals surface area contributed by atoms with Crippen LogP contribution in [0.5, 0.6) is 0 Å². The van der Waals surface area contributed by atoms with E-state index in [9.17, 15) is 23.1 Å². The van der Waals surface area contributed by atoms with Gasteiger partial charge in [0.25, 0.3) is 0 Å². The van der Waals surface area contributed by atoms with Crippen LogP contribution in [0.3, 0.4) is 0 Å². The number of carbonyl (C=O) groups excluding carboxylic acids is 1. The Bertz CT molecular complexity index is 790. The Labute approximate surface area is 140 Å². The van der Waals surface area contributed by atoms with Gasteiger partial charge in [-0.2, -0.15) is 4.72 Å². The topological polar surface area (TPSA) is 101 Å². The molecule has 24 heavy (non-hydrogen) atoms. The van der Waals surface area contributed by atoms with E-state index >= 15 is 0 Å². The zero-order valence-electron chi connectivity index (χ0n) is 12.6. The molecule has 2 atom stereocenters. The molecule has 0 fully saturated rings. The molecule has 0 saturated carbocycles. The van der Waals surface area contributed by atoms with Gasteiger partial charge in [-0.25, -0.2) is 8.42 Å². The van der Waals surface area contributed by atoms with Crippen LogP contribution in [0.25, 0.3) is 0 Å². The van der Waals surface area contributed by atoms with Crippen LogP contribution in [-0.2, 0) is 26.0 Å². The number of carboxylic acid groups (broad SMARTS) is 1. The third kappa shape index (κ3) is 4.50. The first-order valence-corrected chi connectivity index (χ1v) is 8.64. The molecule has 0 spiro atoms. The average molecular weight is 346 g/mol. The predicted molar refractivity (Wildman–Crippen MR) is 87.5 cm³/mol. The fourth-order valence-corrected chi connectivity index (χ4v) is 3.44. The van der Waals surface area contributed by atoms with Crippen LogP contribution in [0, 0.1) is 5.92 Å². The van der Waals surface area contributed by atoms with E-state index in [4.69, 9.17) is 0 Å². The Kier molecular flexibility index (Phi) is 5.83. The first-order chi connectivity index (χ1) is 11.4. The van der Waals surface area contributed by atoms with Gasteiger partial charge in [-0.15, -0.1) is 0 Å². The Morgan fingerprint density at radius 3 is 2.08 bits per heavy atom. The molecule has 0 saturated heterocycles. The fourth-order valence-electron chi connectivity index (χ4n) is 2.24. The average Bonchev–Trinajstić information content (AvgIpc) is 2.59. The van der Waals surface area contributed by atoms with E-state index in [0.29, 0.717) is 5.56 Å². The van der Waals surface area contributed by atoms with Crippen LogP contribution in [0.15, 0.2) is 65.6 Å². The van der Waals surface area contributed by atoms with Crippen LogP contribution in [0.2, 0.25) is 0 Å². The minimum atomic E-state index is -4.02. The quantitative estimate of drug-likeness (QED) is 0.752. The first-order valence-electron chi connectivity index (χ1n) is 7.16. The minimum Gasteiger partial charge on any atom is -0.481 e. The van der Waals surface area contributed by atoms with Gasteiger partial charge in [-0.1, -0.05) is 48.5 Å². The van der Waals surface area contributed by atoms with Gasteiger partial charge in [0.1, 0.15) is 6.04 Å². The second-order valence-electron chi connectivity index (χ2n) is 5.16. The molecule has 0 amide bonds. The molecule has 125 valence electrons. The summed E-state index contributed by atoms with van der Waals surface area (Å²) in [7, 11) is -4.02. The molecule has 2 rings (SSSR count). The Morgan fingerprint density at radius 1 is 1.04 bits per heavy atom. The molecule has 7 heteroatoms. The monoisotopic (exact) mass is 346 g/mol. The highest BCUT2D eigenvalue weighted by molar-refractivity contribution is 7.89.